The highest BCUT2D eigenvalue weighted by atomic mass is 35.5. The predicted molar refractivity (Wildman–Crippen MR) is 90.9 cm³/mol. The van der Waals surface area contributed by atoms with Crippen molar-refractivity contribution in [2.24, 2.45) is 0 Å². The molecule has 116 valence electrons. The summed E-state index contributed by atoms with van der Waals surface area (Å²) in [5, 5.41) is 6.35. The molecule has 7 heteroatoms. The molecule has 3 aromatic rings. The number of hydrogen-bond donors (Lipinski definition) is 2. The van der Waals surface area contributed by atoms with Gasteiger partial charge in [-0.05, 0) is 42.3 Å². The molecule has 0 saturated heterocycles. The molecule has 0 unspecified atom stereocenters. The first-order valence-corrected chi connectivity index (χ1v) is 7.45. The van der Waals surface area contributed by atoms with Gasteiger partial charge < -0.3 is 10.6 Å². The van der Waals surface area contributed by atoms with Gasteiger partial charge in [0.1, 0.15) is 0 Å². The SMILES string of the molecule is Cc1ccc(Nc2nc(Cl)nc(NCc3cccnc3)n2)cc1. The van der Waals surface area contributed by atoms with E-state index in [1.54, 1.807) is 12.4 Å². The van der Waals surface area contributed by atoms with Gasteiger partial charge in [-0.15, -0.1) is 0 Å². The largest absolute Gasteiger partial charge is 0.350 e. The van der Waals surface area contributed by atoms with Gasteiger partial charge in [0.2, 0.25) is 17.2 Å². The van der Waals surface area contributed by atoms with Crippen LogP contribution in [0.4, 0.5) is 17.6 Å². The van der Waals surface area contributed by atoms with Gasteiger partial charge in [-0.25, -0.2) is 0 Å². The van der Waals surface area contributed by atoms with Gasteiger partial charge in [0, 0.05) is 24.6 Å². The summed E-state index contributed by atoms with van der Waals surface area (Å²) in [7, 11) is 0. The molecule has 3 rings (SSSR count). The van der Waals surface area contributed by atoms with Crippen LogP contribution < -0.4 is 10.6 Å². The van der Waals surface area contributed by atoms with E-state index in [9.17, 15) is 0 Å². The van der Waals surface area contributed by atoms with E-state index in [0.717, 1.165) is 11.3 Å². The Morgan fingerprint density at radius 1 is 1.00 bits per heavy atom. The molecule has 6 nitrogen and oxygen atoms in total. The van der Waals surface area contributed by atoms with Crippen LogP contribution in [0.5, 0.6) is 0 Å². The minimum Gasteiger partial charge on any atom is -0.350 e. The molecule has 0 spiro atoms. The first-order valence-electron chi connectivity index (χ1n) is 7.07. The van der Waals surface area contributed by atoms with Crippen molar-refractivity contribution in [3.05, 3.63) is 65.2 Å². The predicted octanol–water partition coefficient (Wildman–Crippen LogP) is 3.58. The van der Waals surface area contributed by atoms with Crippen molar-refractivity contribution in [2.75, 3.05) is 10.6 Å². The smallest absolute Gasteiger partial charge is 0.233 e. The summed E-state index contributed by atoms with van der Waals surface area (Å²) < 4.78 is 0. The van der Waals surface area contributed by atoms with Gasteiger partial charge in [-0.1, -0.05) is 23.8 Å². The summed E-state index contributed by atoms with van der Waals surface area (Å²) in [6.45, 7) is 2.59. The van der Waals surface area contributed by atoms with E-state index in [0.29, 0.717) is 18.4 Å². The van der Waals surface area contributed by atoms with Crippen LogP contribution in [0.1, 0.15) is 11.1 Å². The third-order valence-corrected chi connectivity index (χ3v) is 3.26. The molecule has 1 aromatic carbocycles. The number of benzene rings is 1. The van der Waals surface area contributed by atoms with E-state index >= 15 is 0 Å². The average Bonchev–Trinajstić information content (AvgIpc) is 2.56. The Kier molecular flexibility index (Phi) is 4.63. The lowest BCUT2D eigenvalue weighted by atomic mass is 10.2. The van der Waals surface area contributed by atoms with Crippen molar-refractivity contribution in [3.8, 4) is 0 Å². The van der Waals surface area contributed by atoms with Crippen LogP contribution in [0.2, 0.25) is 5.28 Å². The quantitative estimate of drug-likeness (QED) is 0.746. The number of nitrogens with zero attached hydrogens (tertiary/aromatic N) is 4. The van der Waals surface area contributed by atoms with Crippen molar-refractivity contribution in [1.82, 2.24) is 19.9 Å². The van der Waals surface area contributed by atoms with Crippen LogP contribution in [0, 0.1) is 6.92 Å². The zero-order valence-corrected chi connectivity index (χ0v) is 13.2. The number of aryl methyl sites for hydroxylation is 1. The highest BCUT2D eigenvalue weighted by Gasteiger charge is 2.05. The van der Waals surface area contributed by atoms with Crippen LogP contribution >= 0.6 is 11.6 Å². The minimum atomic E-state index is 0.128. The molecule has 0 aliphatic carbocycles. The van der Waals surface area contributed by atoms with Crippen molar-refractivity contribution >= 4 is 29.2 Å². The lowest BCUT2D eigenvalue weighted by Gasteiger charge is -2.08. The maximum Gasteiger partial charge on any atom is 0.233 e. The van der Waals surface area contributed by atoms with Crippen molar-refractivity contribution in [2.45, 2.75) is 13.5 Å². The third-order valence-electron chi connectivity index (χ3n) is 3.09. The maximum absolute atomic E-state index is 5.97. The van der Waals surface area contributed by atoms with Gasteiger partial charge >= 0.3 is 0 Å². The Morgan fingerprint density at radius 2 is 1.78 bits per heavy atom. The molecule has 0 radical (unpaired) electrons. The second kappa shape index (κ2) is 7.02. The fraction of sp³-hybridized carbons (Fsp3) is 0.125. The van der Waals surface area contributed by atoms with Crippen LogP contribution in [-0.2, 0) is 6.54 Å². The zero-order chi connectivity index (χ0) is 16.1. The molecular formula is C16H15ClN6. The summed E-state index contributed by atoms with van der Waals surface area (Å²) in [6, 6.07) is 11.8. The summed E-state index contributed by atoms with van der Waals surface area (Å²) in [6.07, 6.45) is 3.51. The van der Waals surface area contributed by atoms with Gasteiger partial charge in [-0.3, -0.25) is 4.98 Å². The summed E-state index contributed by atoms with van der Waals surface area (Å²) in [4.78, 5) is 16.5. The second-order valence-electron chi connectivity index (χ2n) is 4.96. The van der Waals surface area contributed by atoms with Gasteiger partial charge in [0.05, 0.1) is 0 Å². The Bertz CT molecular complexity index is 776. The minimum absolute atomic E-state index is 0.128. The fourth-order valence-electron chi connectivity index (χ4n) is 1.93. The Hall–Kier alpha value is -2.73. The molecule has 2 aromatic heterocycles. The van der Waals surface area contributed by atoms with Crippen LogP contribution in [0.25, 0.3) is 0 Å². The first kappa shape index (κ1) is 15.2. The molecule has 0 fully saturated rings. The third kappa shape index (κ3) is 4.37. The summed E-state index contributed by atoms with van der Waals surface area (Å²) in [5.74, 6) is 0.797. The van der Waals surface area contributed by atoms with E-state index < -0.39 is 0 Å². The topological polar surface area (TPSA) is 75.6 Å². The van der Waals surface area contributed by atoms with E-state index in [2.05, 4.69) is 30.6 Å². The normalized spacial score (nSPS) is 10.3. The number of halogens is 1. The van der Waals surface area contributed by atoms with E-state index in [4.69, 9.17) is 11.6 Å². The van der Waals surface area contributed by atoms with Crippen molar-refractivity contribution < 1.29 is 0 Å². The van der Waals surface area contributed by atoms with Crippen molar-refractivity contribution in [1.29, 1.82) is 0 Å². The summed E-state index contributed by atoms with van der Waals surface area (Å²) in [5.41, 5.74) is 3.09. The molecule has 2 heterocycles. The first-order chi connectivity index (χ1) is 11.2. The molecule has 0 saturated carbocycles. The van der Waals surface area contributed by atoms with E-state index in [1.807, 2.05) is 43.3 Å². The molecule has 0 bridgehead atoms. The van der Waals surface area contributed by atoms with Gasteiger partial charge in [0.15, 0.2) is 0 Å². The lowest BCUT2D eigenvalue weighted by molar-refractivity contribution is 1.00. The Labute approximate surface area is 139 Å². The lowest BCUT2D eigenvalue weighted by Crippen LogP contribution is -2.07. The van der Waals surface area contributed by atoms with Gasteiger partial charge in [-0.2, -0.15) is 15.0 Å². The number of rotatable bonds is 5. The second-order valence-corrected chi connectivity index (χ2v) is 5.30. The molecule has 0 aliphatic rings. The molecule has 2 N–H and O–H groups in total. The van der Waals surface area contributed by atoms with E-state index in [-0.39, 0.29) is 5.28 Å². The van der Waals surface area contributed by atoms with Crippen molar-refractivity contribution in [3.63, 3.8) is 0 Å². The number of nitrogens with one attached hydrogen (secondary N) is 2. The van der Waals surface area contributed by atoms with Crippen LogP contribution in [-0.4, -0.2) is 19.9 Å². The number of aromatic nitrogens is 4. The Morgan fingerprint density at radius 3 is 2.52 bits per heavy atom. The van der Waals surface area contributed by atoms with E-state index in [1.165, 1.54) is 5.56 Å². The highest BCUT2D eigenvalue weighted by molar-refractivity contribution is 6.28. The molecule has 0 atom stereocenters. The fourth-order valence-corrected chi connectivity index (χ4v) is 2.09. The number of pyridine rings is 1. The maximum atomic E-state index is 5.97. The average molecular weight is 327 g/mol. The highest BCUT2D eigenvalue weighted by Crippen LogP contribution is 2.16. The van der Waals surface area contributed by atoms with Crippen LogP contribution in [0.3, 0.4) is 0 Å². The molecular weight excluding hydrogens is 312 g/mol. The van der Waals surface area contributed by atoms with Gasteiger partial charge in [0.25, 0.3) is 0 Å². The molecule has 0 amide bonds. The molecule has 23 heavy (non-hydrogen) atoms. The Balaban J connectivity index is 1.72. The number of anilines is 3. The molecule has 0 aliphatic heterocycles. The van der Waals surface area contributed by atoms with Crippen LogP contribution in [0.15, 0.2) is 48.8 Å². The summed E-state index contributed by atoms with van der Waals surface area (Å²) >= 11 is 5.97. The zero-order valence-electron chi connectivity index (χ0n) is 12.5. The number of hydrogen-bond acceptors (Lipinski definition) is 6. The monoisotopic (exact) mass is 326 g/mol. The standard InChI is InChI=1S/C16H15ClN6/c1-11-4-6-13(7-5-11)20-16-22-14(17)21-15(23-16)19-10-12-3-2-8-18-9-12/h2-9H,10H2,1H3,(H2,19,20,21,22,23).